The molecule has 6 aromatic rings. The van der Waals surface area contributed by atoms with E-state index in [-0.39, 0.29) is 21.7 Å². The Morgan fingerprint density at radius 3 is 1.92 bits per heavy atom. The zero-order valence-electron chi connectivity index (χ0n) is 35.7. The van der Waals surface area contributed by atoms with Crippen LogP contribution in [0.4, 0.5) is 17.1 Å². The second-order valence-electron chi connectivity index (χ2n) is 21.2. The van der Waals surface area contributed by atoms with Crippen molar-refractivity contribution in [2.24, 2.45) is 23.7 Å². The van der Waals surface area contributed by atoms with Gasteiger partial charge in [-0.2, -0.15) is 0 Å². The predicted molar refractivity (Wildman–Crippen MR) is 244 cm³/mol. The molecule has 59 heavy (non-hydrogen) atoms. The molecule has 0 aromatic heterocycles. The molecule has 13 rings (SSSR count). The summed E-state index contributed by atoms with van der Waals surface area (Å²) in [6.45, 7) is 14.6. The Balaban J connectivity index is 1.08. The summed E-state index contributed by atoms with van der Waals surface area (Å²) >= 11 is 0. The molecule has 0 saturated heterocycles. The summed E-state index contributed by atoms with van der Waals surface area (Å²) in [4.78, 5) is 2.60. The topological polar surface area (TPSA) is 12.5 Å². The van der Waals surface area contributed by atoms with Gasteiger partial charge in [0, 0.05) is 39.4 Å². The number of fused-ring (bicyclic) bond motifs is 6. The number of anilines is 3. The van der Waals surface area contributed by atoms with Crippen molar-refractivity contribution < 1.29 is 4.74 Å². The molecule has 296 valence electrons. The quantitative estimate of drug-likeness (QED) is 0.177. The van der Waals surface area contributed by atoms with Gasteiger partial charge in [-0.05, 0) is 160 Å². The maximum absolute atomic E-state index is 7.27. The molecule has 7 aliphatic rings. The van der Waals surface area contributed by atoms with E-state index in [9.17, 15) is 0 Å². The summed E-state index contributed by atoms with van der Waals surface area (Å²) in [5, 5.41) is 0. The van der Waals surface area contributed by atoms with Crippen molar-refractivity contribution in [3.8, 4) is 33.8 Å². The van der Waals surface area contributed by atoms with Crippen molar-refractivity contribution in [1.82, 2.24) is 0 Å². The maximum atomic E-state index is 7.27. The molecule has 6 aromatic carbocycles. The van der Waals surface area contributed by atoms with E-state index in [4.69, 9.17) is 4.74 Å². The van der Waals surface area contributed by atoms with Crippen LogP contribution in [0.5, 0.6) is 11.5 Å². The van der Waals surface area contributed by atoms with Gasteiger partial charge in [-0.1, -0.05) is 126 Å². The summed E-state index contributed by atoms with van der Waals surface area (Å²) < 4.78 is 7.27. The van der Waals surface area contributed by atoms with E-state index in [0.29, 0.717) is 11.8 Å². The molecule has 1 spiro atoms. The standard InChI is InChI=1S/C57H57NO/c1-54(2)25-26-55(3,4)53-47(54)17-12-18-50(53)58(41-20-22-44-43-15-10-11-16-45(43)56(5,6)48(44)33-41)42-21-23-46-52(34-42)59-51-24-19-38(37-13-8-7-9-14-37)32-49(51)57(46)39-28-35-27-36(30-39)31-40(57)29-35/h7-24,32-36,39-40H,25-31H2,1-6H3. The SMILES string of the molecule is CC1(C)CCC(C)(C)c2c(N(c3ccc4c(c3)Oc3ccc(-c5ccccc5)cc3C43C4CC5CC(C4)CC3C5)c3ccc4c(c3)C(C)(C)c3ccccc3-4)cccc21. The number of rotatable bonds is 4. The fourth-order valence-electron chi connectivity index (χ4n) is 14.0. The molecule has 2 nitrogen and oxygen atoms in total. The lowest BCUT2D eigenvalue weighted by molar-refractivity contribution is -0.0452. The van der Waals surface area contributed by atoms with Crippen LogP contribution in [0, 0.1) is 23.7 Å². The van der Waals surface area contributed by atoms with Crippen LogP contribution in [-0.4, -0.2) is 0 Å². The molecule has 4 saturated carbocycles. The van der Waals surface area contributed by atoms with E-state index in [1.54, 1.807) is 0 Å². The van der Waals surface area contributed by atoms with Crippen molar-refractivity contribution >= 4 is 17.1 Å². The average molecular weight is 772 g/mol. The lowest BCUT2D eigenvalue weighted by Gasteiger charge is -2.63. The fourth-order valence-corrected chi connectivity index (χ4v) is 14.0. The molecule has 0 unspecified atom stereocenters. The van der Waals surface area contributed by atoms with Crippen LogP contribution < -0.4 is 9.64 Å². The Morgan fingerprint density at radius 1 is 0.475 bits per heavy atom. The second-order valence-corrected chi connectivity index (χ2v) is 21.2. The third-order valence-electron chi connectivity index (χ3n) is 16.7. The Bertz CT molecular complexity index is 2670. The molecule has 1 aliphatic heterocycles. The third kappa shape index (κ3) is 4.98. The molecular formula is C57H57NO. The Kier molecular flexibility index (Phi) is 7.44. The van der Waals surface area contributed by atoms with Crippen LogP contribution in [0.3, 0.4) is 0 Å². The summed E-state index contributed by atoms with van der Waals surface area (Å²) in [5.41, 5.74) is 17.6. The van der Waals surface area contributed by atoms with Crippen LogP contribution in [0.15, 0.2) is 127 Å². The number of nitrogens with zero attached hydrogens (tertiary/aromatic N) is 1. The molecule has 6 aliphatic carbocycles. The monoisotopic (exact) mass is 771 g/mol. The second kappa shape index (κ2) is 12.2. The molecule has 0 amide bonds. The summed E-state index contributed by atoms with van der Waals surface area (Å²) in [5.74, 6) is 5.13. The van der Waals surface area contributed by atoms with Crippen molar-refractivity contribution in [2.45, 2.75) is 108 Å². The van der Waals surface area contributed by atoms with E-state index < -0.39 is 0 Å². The summed E-state index contributed by atoms with van der Waals surface area (Å²) in [6.07, 6.45) is 9.13. The highest BCUT2D eigenvalue weighted by molar-refractivity contribution is 5.87. The smallest absolute Gasteiger partial charge is 0.133 e. The first-order valence-corrected chi connectivity index (χ1v) is 22.6. The van der Waals surface area contributed by atoms with Crippen LogP contribution in [0.25, 0.3) is 22.3 Å². The largest absolute Gasteiger partial charge is 0.457 e. The van der Waals surface area contributed by atoms with Crippen LogP contribution in [0.2, 0.25) is 0 Å². The van der Waals surface area contributed by atoms with Gasteiger partial charge < -0.3 is 9.64 Å². The first-order valence-electron chi connectivity index (χ1n) is 22.6. The van der Waals surface area contributed by atoms with Crippen LogP contribution in [0.1, 0.15) is 120 Å². The van der Waals surface area contributed by atoms with Gasteiger partial charge in [0.2, 0.25) is 0 Å². The number of benzene rings is 6. The van der Waals surface area contributed by atoms with E-state index in [1.165, 1.54) is 111 Å². The maximum Gasteiger partial charge on any atom is 0.133 e. The zero-order chi connectivity index (χ0) is 40.1. The van der Waals surface area contributed by atoms with Crippen molar-refractivity contribution in [1.29, 1.82) is 0 Å². The number of hydrogen-bond acceptors (Lipinski definition) is 2. The summed E-state index contributed by atoms with van der Waals surface area (Å²) in [6, 6.07) is 49.0. The lowest BCUT2D eigenvalue weighted by Crippen LogP contribution is -2.57. The number of hydrogen-bond donors (Lipinski definition) is 0. The highest BCUT2D eigenvalue weighted by Crippen LogP contribution is 2.69. The highest BCUT2D eigenvalue weighted by Gasteiger charge is 2.61. The van der Waals surface area contributed by atoms with Gasteiger partial charge in [-0.25, -0.2) is 0 Å². The van der Waals surface area contributed by atoms with Gasteiger partial charge >= 0.3 is 0 Å². The number of ether oxygens (including phenoxy) is 1. The van der Waals surface area contributed by atoms with E-state index in [2.05, 4.69) is 174 Å². The van der Waals surface area contributed by atoms with Gasteiger partial charge in [0.15, 0.2) is 0 Å². The van der Waals surface area contributed by atoms with Gasteiger partial charge in [0.1, 0.15) is 11.5 Å². The van der Waals surface area contributed by atoms with E-state index >= 15 is 0 Å². The van der Waals surface area contributed by atoms with Crippen molar-refractivity contribution in [2.75, 3.05) is 4.90 Å². The van der Waals surface area contributed by atoms with Crippen molar-refractivity contribution in [3.05, 3.63) is 161 Å². The first-order chi connectivity index (χ1) is 28.4. The molecule has 4 bridgehead atoms. The zero-order valence-corrected chi connectivity index (χ0v) is 35.7. The molecule has 0 radical (unpaired) electrons. The first kappa shape index (κ1) is 35.8. The molecule has 4 fully saturated rings. The highest BCUT2D eigenvalue weighted by atomic mass is 16.5. The molecule has 0 N–H and O–H groups in total. The third-order valence-corrected chi connectivity index (χ3v) is 16.7. The van der Waals surface area contributed by atoms with Gasteiger partial charge in [0.25, 0.3) is 0 Å². The average Bonchev–Trinajstić information content (AvgIpc) is 3.46. The van der Waals surface area contributed by atoms with E-state index in [0.717, 1.165) is 29.8 Å². The lowest BCUT2D eigenvalue weighted by atomic mass is 9.41. The minimum absolute atomic E-state index is 0.0243. The minimum Gasteiger partial charge on any atom is -0.457 e. The minimum atomic E-state index is -0.0991. The Morgan fingerprint density at radius 2 is 1.14 bits per heavy atom. The van der Waals surface area contributed by atoms with Gasteiger partial charge in [-0.3, -0.25) is 0 Å². The van der Waals surface area contributed by atoms with Crippen LogP contribution in [-0.2, 0) is 21.7 Å². The van der Waals surface area contributed by atoms with Crippen LogP contribution >= 0.6 is 0 Å². The normalized spacial score (nSPS) is 26.6. The van der Waals surface area contributed by atoms with Gasteiger partial charge in [-0.15, -0.1) is 0 Å². The van der Waals surface area contributed by atoms with E-state index in [1.807, 2.05) is 0 Å². The molecule has 2 heteroatoms. The Labute approximate surface area is 351 Å². The predicted octanol–water partition coefficient (Wildman–Crippen LogP) is 15.3. The molecular weight excluding hydrogens is 715 g/mol. The molecule has 0 atom stereocenters. The Hall–Kier alpha value is -5.08. The van der Waals surface area contributed by atoms with Crippen molar-refractivity contribution in [3.63, 3.8) is 0 Å². The molecule has 1 heterocycles. The van der Waals surface area contributed by atoms with Gasteiger partial charge in [0.05, 0.1) is 5.69 Å². The summed E-state index contributed by atoms with van der Waals surface area (Å²) in [7, 11) is 0. The fraction of sp³-hybridized carbons (Fsp3) is 0.368.